The first-order valence-corrected chi connectivity index (χ1v) is 6.21. The van der Waals surface area contributed by atoms with Crippen molar-refractivity contribution < 1.29 is 0 Å². The van der Waals surface area contributed by atoms with Crippen molar-refractivity contribution in [2.75, 3.05) is 50.0 Å². The van der Waals surface area contributed by atoms with Gasteiger partial charge in [0.25, 0.3) is 0 Å². The van der Waals surface area contributed by atoms with E-state index in [0.29, 0.717) is 0 Å². The number of likely N-dealkylation sites (N-methyl/N-ethyl adjacent to an activating group) is 1. The van der Waals surface area contributed by atoms with Gasteiger partial charge in [-0.2, -0.15) is 0 Å². The number of aromatic nitrogens is 2. The number of nitrogens with one attached hydrogen (secondary N) is 1. The highest BCUT2D eigenvalue weighted by molar-refractivity contribution is 5.58. The number of anilines is 2. The average molecular weight is 235 g/mol. The van der Waals surface area contributed by atoms with Crippen LogP contribution in [0.3, 0.4) is 0 Å². The van der Waals surface area contributed by atoms with Gasteiger partial charge in [-0.25, -0.2) is 9.97 Å². The smallest absolute Gasteiger partial charge is 0.137 e. The van der Waals surface area contributed by atoms with Crippen LogP contribution in [0.25, 0.3) is 0 Å². The lowest BCUT2D eigenvalue weighted by Crippen LogP contribution is -2.45. The molecule has 1 fully saturated rings. The number of hydrogen-bond acceptors (Lipinski definition) is 5. The van der Waals surface area contributed by atoms with Crippen LogP contribution in [0.5, 0.6) is 0 Å². The summed E-state index contributed by atoms with van der Waals surface area (Å²) in [5.41, 5.74) is 1.15. The third kappa shape index (κ3) is 2.66. The standard InChI is InChI=1S/C12H21N5/c1-4-13-11-10(2)12(15-9-14-11)17-7-5-16(3)6-8-17/h9H,4-8H2,1-3H3,(H,13,14,15). The van der Waals surface area contributed by atoms with E-state index in [1.165, 1.54) is 0 Å². The Kier molecular flexibility index (Phi) is 3.78. The zero-order chi connectivity index (χ0) is 12.3. The van der Waals surface area contributed by atoms with Gasteiger partial charge in [0.15, 0.2) is 0 Å². The van der Waals surface area contributed by atoms with Crippen molar-refractivity contribution in [3.8, 4) is 0 Å². The third-order valence-electron chi connectivity index (χ3n) is 3.20. The van der Waals surface area contributed by atoms with Gasteiger partial charge in [-0.3, -0.25) is 0 Å². The van der Waals surface area contributed by atoms with Gasteiger partial charge in [-0.05, 0) is 20.9 Å². The molecule has 0 aliphatic carbocycles. The van der Waals surface area contributed by atoms with E-state index in [0.717, 1.165) is 49.9 Å². The molecule has 5 heteroatoms. The number of nitrogens with zero attached hydrogens (tertiary/aromatic N) is 4. The summed E-state index contributed by atoms with van der Waals surface area (Å²) >= 11 is 0. The van der Waals surface area contributed by atoms with Crippen molar-refractivity contribution >= 4 is 11.6 Å². The summed E-state index contributed by atoms with van der Waals surface area (Å²) in [7, 11) is 2.16. The molecule has 94 valence electrons. The molecule has 0 atom stereocenters. The molecule has 2 rings (SSSR count). The predicted octanol–water partition coefficient (Wildman–Crippen LogP) is 0.969. The van der Waals surface area contributed by atoms with Gasteiger partial charge in [-0.15, -0.1) is 0 Å². The summed E-state index contributed by atoms with van der Waals surface area (Å²) in [6.07, 6.45) is 1.65. The highest BCUT2D eigenvalue weighted by atomic mass is 15.3. The molecule has 1 aliphatic rings. The zero-order valence-electron chi connectivity index (χ0n) is 10.9. The Balaban J connectivity index is 2.17. The predicted molar refractivity (Wildman–Crippen MR) is 70.6 cm³/mol. The van der Waals surface area contributed by atoms with Crippen molar-refractivity contribution in [3.05, 3.63) is 11.9 Å². The molecular formula is C12H21N5. The van der Waals surface area contributed by atoms with E-state index in [4.69, 9.17) is 0 Å². The Morgan fingerprint density at radius 3 is 2.59 bits per heavy atom. The minimum absolute atomic E-state index is 0.889. The molecule has 1 saturated heterocycles. The third-order valence-corrected chi connectivity index (χ3v) is 3.20. The molecule has 5 nitrogen and oxygen atoms in total. The number of hydrogen-bond donors (Lipinski definition) is 1. The quantitative estimate of drug-likeness (QED) is 0.845. The van der Waals surface area contributed by atoms with E-state index in [9.17, 15) is 0 Å². The lowest BCUT2D eigenvalue weighted by molar-refractivity contribution is 0.312. The van der Waals surface area contributed by atoms with Crippen LogP contribution >= 0.6 is 0 Å². The SMILES string of the molecule is CCNc1ncnc(N2CCN(C)CC2)c1C. The van der Waals surface area contributed by atoms with Crippen LogP contribution in [-0.4, -0.2) is 54.6 Å². The van der Waals surface area contributed by atoms with Gasteiger partial charge in [0.2, 0.25) is 0 Å². The topological polar surface area (TPSA) is 44.3 Å². The molecule has 1 aromatic rings. The van der Waals surface area contributed by atoms with Crippen molar-refractivity contribution in [2.45, 2.75) is 13.8 Å². The second-order valence-corrected chi connectivity index (χ2v) is 4.49. The summed E-state index contributed by atoms with van der Waals surface area (Å²) in [4.78, 5) is 13.4. The molecule has 0 saturated carbocycles. The van der Waals surface area contributed by atoms with E-state index < -0.39 is 0 Å². The van der Waals surface area contributed by atoms with E-state index in [1.807, 2.05) is 0 Å². The van der Waals surface area contributed by atoms with Crippen molar-refractivity contribution in [1.82, 2.24) is 14.9 Å². The maximum atomic E-state index is 4.43. The fourth-order valence-corrected chi connectivity index (χ4v) is 2.12. The molecule has 2 heterocycles. The minimum Gasteiger partial charge on any atom is -0.370 e. The fraction of sp³-hybridized carbons (Fsp3) is 0.667. The van der Waals surface area contributed by atoms with Crippen LogP contribution in [0.4, 0.5) is 11.6 Å². The van der Waals surface area contributed by atoms with Gasteiger partial charge in [-0.1, -0.05) is 0 Å². The molecule has 0 unspecified atom stereocenters. The number of rotatable bonds is 3. The van der Waals surface area contributed by atoms with E-state index in [1.54, 1.807) is 6.33 Å². The Bertz CT molecular complexity index is 371. The van der Waals surface area contributed by atoms with Crippen LogP contribution in [0.15, 0.2) is 6.33 Å². The number of piperazine rings is 1. The van der Waals surface area contributed by atoms with Crippen LogP contribution in [0.2, 0.25) is 0 Å². The van der Waals surface area contributed by atoms with Crippen LogP contribution in [-0.2, 0) is 0 Å². The zero-order valence-corrected chi connectivity index (χ0v) is 10.9. The first-order valence-electron chi connectivity index (χ1n) is 6.21. The maximum Gasteiger partial charge on any atom is 0.137 e. The second-order valence-electron chi connectivity index (χ2n) is 4.49. The van der Waals surface area contributed by atoms with Crippen LogP contribution in [0, 0.1) is 6.92 Å². The molecule has 17 heavy (non-hydrogen) atoms. The molecule has 1 aliphatic heterocycles. The molecule has 0 radical (unpaired) electrons. The first kappa shape index (κ1) is 12.1. The van der Waals surface area contributed by atoms with Gasteiger partial charge in [0.1, 0.15) is 18.0 Å². The molecule has 1 N–H and O–H groups in total. The van der Waals surface area contributed by atoms with Gasteiger partial charge in [0, 0.05) is 38.3 Å². The van der Waals surface area contributed by atoms with E-state index in [2.05, 4.69) is 46.0 Å². The average Bonchev–Trinajstić information content (AvgIpc) is 2.34. The van der Waals surface area contributed by atoms with E-state index >= 15 is 0 Å². The summed E-state index contributed by atoms with van der Waals surface area (Å²) in [6, 6.07) is 0. The molecule has 0 spiro atoms. The molecular weight excluding hydrogens is 214 g/mol. The lowest BCUT2D eigenvalue weighted by atomic mass is 10.2. The molecule has 0 bridgehead atoms. The summed E-state index contributed by atoms with van der Waals surface area (Å²) < 4.78 is 0. The monoisotopic (exact) mass is 235 g/mol. The summed E-state index contributed by atoms with van der Waals surface area (Å²) in [6.45, 7) is 9.34. The Morgan fingerprint density at radius 2 is 1.94 bits per heavy atom. The van der Waals surface area contributed by atoms with Gasteiger partial charge < -0.3 is 15.1 Å². The molecule has 0 aromatic carbocycles. The normalized spacial score (nSPS) is 17.2. The Hall–Kier alpha value is -1.36. The summed E-state index contributed by atoms with van der Waals surface area (Å²) in [5.74, 6) is 2.03. The Morgan fingerprint density at radius 1 is 1.24 bits per heavy atom. The highest BCUT2D eigenvalue weighted by Crippen LogP contribution is 2.22. The fourth-order valence-electron chi connectivity index (χ4n) is 2.12. The van der Waals surface area contributed by atoms with Gasteiger partial charge in [0.05, 0.1) is 0 Å². The maximum absolute atomic E-state index is 4.43. The largest absolute Gasteiger partial charge is 0.370 e. The van der Waals surface area contributed by atoms with Crippen LogP contribution in [0.1, 0.15) is 12.5 Å². The van der Waals surface area contributed by atoms with Crippen molar-refractivity contribution in [3.63, 3.8) is 0 Å². The Labute approximate surface area is 103 Å². The second kappa shape index (κ2) is 5.31. The van der Waals surface area contributed by atoms with Gasteiger partial charge >= 0.3 is 0 Å². The molecule has 1 aromatic heterocycles. The van der Waals surface area contributed by atoms with Crippen LogP contribution < -0.4 is 10.2 Å². The minimum atomic E-state index is 0.889. The lowest BCUT2D eigenvalue weighted by Gasteiger charge is -2.34. The summed E-state index contributed by atoms with van der Waals surface area (Å²) in [5, 5.41) is 3.28. The van der Waals surface area contributed by atoms with Crippen molar-refractivity contribution in [1.29, 1.82) is 0 Å². The highest BCUT2D eigenvalue weighted by Gasteiger charge is 2.18. The van der Waals surface area contributed by atoms with E-state index in [-0.39, 0.29) is 0 Å². The molecule has 0 amide bonds. The van der Waals surface area contributed by atoms with Crippen molar-refractivity contribution in [2.24, 2.45) is 0 Å². The first-order chi connectivity index (χ1) is 8.22.